The summed E-state index contributed by atoms with van der Waals surface area (Å²) in [6.45, 7) is 1.61. The van der Waals surface area contributed by atoms with Crippen LogP contribution in [-0.4, -0.2) is 32.7 Å². The fourth-order valence-electron chi connectivity index (χ4n) is 0.604. The summed E-state index contributed by atoms with van der Waals surface area (Å²) in [5.41, 5.74) is 10.5. The first-order chi connectivity index (χ1) is 7.12. The molecule has 0 bridgehead atoms. The highest BCUT2D eigenvalue weighted by Crippen LogP contribution is 2.53. The fourth-order valence-corrected chi connectivity index (χ4v) is 1.71. The topological polar surface area (TPSA) is 176 Å². The van der Waals surface area contributed by atoms with E-state index in [9.17, 15) is 9.13 Å². The van der Waals surface area contributed by atoms with Crippen molar-refractivity contribution in [1.29, 1.82) is 0 Å². The molecule has 0 aromatic rings. The van der Waals surface area contributed by atoms with Crippen LogP contribution in [0.5, 0.6) is 0 Å². The van der Waals surface area contributed by atoms with Gasteiger partial charge in [-0.2, -0.15) is 4.31 Å². The van der Waals surface area contributed by atoms with Gasteiger partial charge in [-0.25, -0.2) is 9.13 Å². The minimum atomic E-state index is -5.05. The lowest BCUT2D eigenvalue weighted by Crippen LogP contribution is -2.02. The summed E-state index contributed by atoms with van der Waals surface area (Å²) in [6, 6.07) is 0. The number of phosphoric acid groups is 2. The summed E-state index contributed by atoms with van der Waals surface area (Å²) >= 11 is 0. The van der Waals surface area contributed by atoms with Crippen LogP contribution in [-0.2, 0) is 13.4 Å². The van der Waals surface area contributed by atoms with E-state index in [1.54, 1.807) is 0 Å². The van der Waals surface area contributed by atoms with Gasteiger partial charge >= 0.3 is 15.6 Å². The van der Waals surface area contributed by atoms with Crippen molar-refractivity contribution in [1.82, 2.24) is 0 Å². The van der Waals surface area contributed by atoms with Gasteiger partial charge in [0.2, 0.25) is 0 Å². The molecule has 0 amide bonds. The highest BCUT2D eigenvalue weighted by molar-refractivity contribution is 7.60. The Morgan fingerprint density at radius 1 is 0.812 bits per heavy atom. The van der Waals surface area contributed by atoms with E-state index in [0.29, 0.717) is 0 Å². The third-order valence-corrected chi connectivity index (χ3v) is 2.82. The van der Waals surface area contributed by atoms with E-state index in [1.165, 1.54) is 6.42 Å². The molecule has 16 heavy (non-hydrogen) atoms. The molecule has 0 aromatic heterocycles. The van der Waals surface area contributed by atoms with Crippen molar-refractivity contribution >= 4 is 15.6 Å². The number of hydrogen-bond donors (Lipinski definition) is 6. The minimum absolute atomic E-state index is 0.806. The molecule has 9 nitrogen and oxygen atoms in total. The zero-order valence-electron chi connectivity index (χ0n) is 8.60. The third kappa shape index (κ3) is 23.8. The van der Waals surface area contributed by atoms with Crippen LogP contribution in [0.2, 0.25) is 0 Å². The van der Waals surface area contributed by atoms with Crippen molar-refractivity contribution in [3.8, 4) is 0 Å². The molecule has 0 unspecified atom stereocenters. The van der Waals surface area contributed by atoms with E-state index in [1.807, 2.05) is 0 Å². The number of rotatable bonds is 6. The van der Waals surface area contributed by atoms with Gasteiger partial charge in [-0.1, -0.05) is 6.42 Å². The van der Waals surface area contributed by atoms with Crippen molar-refractivity contribution in [2.75, 3.05) is 13.1 Å². The van der Waals surface area contributed by atoms with E-state index in [0.717, 1.165) is 25.9 Å². The van der Waals surface area contributed by atoms with Crippen LogP contribution < -0.4 is 11.5 Å². The summed E-state index contributed by atoms with van der Waals surface area (Å²) in [6.07, 6.45) is 3.43. The summed E-state index contributed by atoms with van der Waals surface area (Å²) in [5, 5.41) is 0. The number of nitrogens with two attached hydrogens (primary N) is 2. The molecule has 100 valence electrons. The molecular formula is C5H18N2O7P2. The SMILES string of the molecule is NCCCCCN.O=P(O)(O)OP(=O)(O)O. The normalized spacial score (nSPS) is 11.9. The van der Waals surface area contributed by atoms with Gasteiger partial charge in [-0.15, -0.1) is 0 Å². The largest absolute Gasteiger partial charge is 0.478 e. The Labute approximate surface area is 93.3 Å². The Bertz CT molecular complexity index is 225. The van der Waals surface area contributed by atoms with Gasteiger partial charge in [0, 0.05) is 0 Å². The van der Waals surface area contributed by atoms with Gasteiger partial charge in [-0.3, -0.25) is 0 Å². The average Bonchev–Trinajstić information content (AvgIpc) is 1.99. The standard InChI is InChI=1S/C5H14N2.H4O7P2/c6-4-2-1-3-5-7;1-8(2,3)7-9(4,5)6/h1-7H2;(H2,1,2,3)(H2,4,5,6). The Morgan fingerprint density at radius 3 is 1.25 bits per heavy atom. The van der Waals surface area contributed by atoms with Crippen LogP contribution in [0.1, 0.15) is 19.3 Å². The van der Waals surface area contributed by atoms with E-state index in [4.69, 9.17) is 31.0 Å². The molecule has 11 heteroatoms. The van der Waals surface area contributed by atoms with Crippen LogP contribution in [0.3, 0.4) is 0 Å². The molecule has 0 aliphatic carbocycles. The van der Waals surface area contributed by atoms with Gasteiger partial charge in [0.15, 0.2) is 0 Å². The lowest BCUT2D eigenvalue weighted by atomic mass is 10.2. The van der Waals surface area contributed by atoms with Crippen molar-refractivity contribution in [3.63, 3.8) is 0 Å². The fraction of sp³-hybridized carbons (Fsp3) is 1.00. The van der Waals surface area contributed by atoms with Gasteiger partial charge in [-0.05, 0) is 25.9 Å². The molecule has 0 heterocycles. The maximum atomic E-state index is 9.63. The molecule has 0 aliphatic heterocycles. The smallest absolute Gasteiger partial charge is 0.330 e. The van der Waals surface area contributed by atoms with Crippen molar-refractivity contribution in [2.45, 2.75) is 19.3 Å². The first kappa shape index (κ1) is 18.5. The van der Waals surface area contributed by atoms with E-state index < -0.39 is 15.6 Å². The Hall–Kier alpha value is 0.180. The van der Waals surface area contributed by atoms with Gasteiger partial charge < -0.3 is 31.0 Å². The first-order valence-corrected chi connectivity index (χ1v) is 7.41. The molecule has 0 fully saturated rings. The molecule has 0 rings (SSSR count). The predicted octanol–water partition coefficient (Wildman–Crippen LogP) is -0.737. The highest BCUT2D eigenvalue weighted by Gasteiger charge is 2.27. The van der Waals surface area contributed by atoms with Crippen molar-refractivity contribution in [3.05, 3.63) is 0 Å². The molecule has 0 aromatic carbocycles. The molecule has 0 atom stereocenters. The second-order valence-corrected chi connectivity index (χ2v) is 5.32. The first-order valence-electron chi connectivity index (χ1n) is 4.35. The predicted molar refractivity (Wildman–Crippen MR) is 57.1 cm³/mol. The Kier molecular flexibility index (Phi) is 10.7. The molecule has 0 saturated heterocycles. The maximum absolute atomic E-state index is 9.63. The van der Waals surface area contributed by atoms with Gasteiger partial charge in [0.05, 0.1) is 0 Å². The molecule has 0 aliphatic rings. The molecule has 8 N–H and O–H groups in total. The summed E-state index contributed by atoms with van der Waals surface area (Å²) in [5.74, 6) is 0. The van der Waals surface area contributed by atoms with E-state index in [-0.39, 0.29) is 0 Å². The van der Waals surface area contributed by atoms with Gasteiger partial charge in [0.1, 0.15) is 0 Å². The molecule has 0 radical (unpaired) electrons. The minimum Gasteiger partial charge on any atom is -0.330 e. The lowest BCUT2D eigenvalue weighted by molar-refractivity contribution is 0.225. The second kappa shape index (κ2) is 9.23. The third-order valence-electron chi connectivity index (χ3n) is 1.12. The average molecular weight is 280 g/mol. The Morgan fingerprint density at radius 2 is 1.12 bits per heavy atom. The molecule has 0 saturated carbocycles. The number of hydrogen-bond acceptors (Lipinski definition) is 5. The van der Waals surface area contributed by atoms with Crippen LogP contribution in [0.4, 0.5) is 0 Å². The summed E-state index contributed by atoms with van der Waals surface area (Å²) in [4.78, 5) is 31.0. The van der Waals surface area contributed by atoms with E-state index >= 15 is 0 Å². The van der Waals surface area contributed by atoms with Crippen molar-refractivity contribution < 1.29 is 33.0 Å². The van der Waals surface area contributed by atoms with Gasteiger partial charge in [0.25, 0.3) is 0 Å². The zero-order valence-corrected chi connectivity index (χ0v) is 10.4. The second-order valence-electron chi connectivity index (χ2n) is 2.70. The van der Waals surface area contributed by atoms with Crippen LogP contribution in [0.15, 0.2) is 0 Å². The Balaban J connectivity index is 0. The quantitative estimate of drug-likeness (QED) is 0.270. The van der Waals surface area contributed by atoms with Crippen LogP contribution >= 0.6 is 15.6 Å². The van der Waals surface area contributed by atoms with E-state index in [2.05, 4.69) is 4.31 Å². The molecule has 0 spiro atoms. The summed E-state index contributed by atoms with van der Waals surface area (Å²) in [7, 11) is -10.1. The van der Waals surface area contributed by atoms with Crippen LogP contribution in [0, 0.1) is 0 Å². The molecular weight excluding hydrogens is 262 g/mol. The zero-order chi connectivity index (χ0) is 13.2. The van der Waals surface area contributed by atoms with Crippen LogP contribution in [0.25, 0.3) is 0 Å². The lowest BCUT2D eigenvalue weighted by Gasteiger charge is -2.03. The maximum Gasteiger partial charge on any atom is 0.478 e. The highest BCUT2D eigenvalue weighted by atomic mass is 31.3. The summed E-state index contributed by atoms with van der Waals surface area (Å²) < 4.78 is 22.2. The number of unbranched alkanes of at least 4 members (excludes halogenated alkanes) is 2. The monoisotopic (exact) mass is 280 g/mol. The van der Waals surface area contributed by atoms with Crippen molar-refractivity contribution in [2.24, 2.45) is 11.5 Å².